The van der Waals surface area contributed by atoms with Crippen LogP contribution in [-0.2, 0) is 19.6 Å². The van der Waals surface area contributed by atoms with Crippen LogP contribution in [0.3, 0.4) is 0 Å². The quantitative estimate of drug-likeness (QED) is 0.656. The number of rotatable bonds is 3. The van der Waals surface area contributed by atoms with E-state index in [2.05, 4.69) is 44.1 Å². The van der Waals surface area contributed by atoms with E-state index >= 15 is 0 Å². The molecule has 106 valence electrons. The second kappa shape index (κ2) is 4.71. The highest BCUT2D eigenvalue weighted by Gasteiger charge is 2.10. The average molecular weight is 282 g/mol. The molecule has 0 fully saturated rings. The van der Waals surface area contributed by atoms with Crippen LogP contribution < -0.4 is 16.3 Å². The van der Waals surface area contributed by atoms with Gasteiger partial charge in [0.2, 0.25) is 0 Å². The number of hydrogen-bond acceptors (Lipinski definition) is 5. The summed E-state index contributed by atoms with van der Waals surface area (Å²) in [6.07, 6.45) is 0. The van der Waals surface area contributed by atoms with Gasteiger partial charge in [0, 0.05) is 19.6 Å². The summed E-state index contributed by atoms with van der Waals surface area (Å²) in [6, 6.07) is 10.0. The van der Waals surface area contributed by atoms with Crippen LogP contribution >= 0.6 is 0 Å². The van der Waals surface area contributed by atoms with Gasteiger partial charge in [-0.1, -0.05) is 18.2 Å². The zero-order valence-corrected chi connectivity index (χ0v) is 11.3. The lowest BCUT2D eigenvalue weighted by Crippen LogP contribution is -2.14. The normalized spacial score (nSPS) is 13.5. The Morgan fingerprint density at radius 1 is 1.19 bits per heavy atom. The first-order valence-electron chi connectivity index (χ1n) is 6.79. The highest BCUT2D eigenvalue weighted by Crippen LogP contribution is 2.17. The van der Waals surface area contributed by atoms with Gasteiger partial charge >= 0.3 is 5.69 Å². The van der Waals surface area contributed by atoms with Crippen molar-refractivity contribution in [2.75, 3.05) is 5.32 Å². The summed E-state index contributed by atoms with van der Waals surface area (Å²) < 4.78 is 1.24. The molecular formula is C14H14N6O. The fourth-order valence-electron chi connectivity index (χ4n) is 2.55. The van der Waals surface area contributed by atoms with Crippen molar-refractivity contribution in [1.29, 1.82) is 0 Å². The Balaban J connectivity index is 1.55. The summed E-state index contributed by atoms with van der Waals surface area (Å²) in [6.45, 7) is 2.54. The van der Waals surface area contributed by atoms with E-state index in [1.807, 2.05) is 6.07 Å². The Labute approximate surface area is 120 Å². The average Bonchev–Trinajstić information content (AvgIpc) is 3.11. The number of nitrogens with one attached hydrogen (secondary N) is 3. The Bertz CT molecular complexity index is 865. The van der Waals surface area contributed by atoms with E-state index in [-0.39, 0.29) is 5.69 Å². The summed E-state index contributed by atoms with van der Waals surface area (Å²) in [7, 11) is 0. The van der Waals surface area contributed by atoms with Crippen molar-refractivity contribution in [3.8, 4) is 0 Å². The molecule has 0 saturated heterocycles. The Morgan fingerprint density at radius 2 is 2.10 bits per heavy atom. The van der Waals surface area contributed by atoms with E-state index in [1.165, 1.54) is 21.2 Å². The van der Waals surface area contributed by atoms with Gasteiger partial charge in [0.05, 0.1) is 0 Å². The number of aromatic nitrogens is 4. The third kappa shape index (κ3) is 2.17. The molecule has 0 saturated carbocycles. The van der Waals surface area contributed by atoms with Crippen molar-refractivity contribution in [3.63, 3.8) is 0 Å². The van der Waals surface area contributed by atoms with Crippen LogP contribution in [0.15, 0.2) is 35.1 Å². The maximum absolute atomic E-state index is 11.5. The highest BCUT2D eigenvalue weighted by molar-refractivity contribution is 5.44. The van der Waals surface area contributed by atoms with Crippen molar-refractivity contribution in [1.82, 2.24) is 25.1 Å². The molecule has 7 nitrogen and oxygen atoms in total. The lowest BCUT2D eigenvalue weighted by molar-refractivity contribution is 0.764. The first-order chi connectivity index (χ1) is 10.3. The minimum Gasteiger partial charge on any atom is -0.365 e. The lowest BCUT2D eigenvalue weighted by atomic mass is 10.1. The van der Waals surface area contributed by atoms with Crippen LogP contribution in [0.1, 0.15) is 16.7 Å². The Morgan fingerprint density at radius 3 is 3.05 bits per heavy atom. The third-order valence-electron chi connectivity index (χ3n) is 3.65. The van der Waals surface area contributed by atoms with Crippen molar-refractivity contribution in [3.05, 3.63) is 57.5 Å². The summed E-state index contributed by atoms with van der Waals surface area (Å²) in [5.74, 6) is 0.643. The van der Waals surface area contributed by atoms with Crippen LogP contribution in [0.25, 0.3) is 5.65 Å². The van der Waals surface area contributed by atoms with E-state index in [9.17, 15) is 4.79 Å². The molecule has 0 bridgehead atoms. The largest absolute Gasteiger partial charge is 0.365 e. The second-order valence-electron chi connectivity index (χ2n) is 5.08. The summed E-state index contributed by atoms with van der Waals surface area (Å²) in [4.78, 5) is 11.5. The van der Waals surface area contributed by atoms with E-state index in [0.717, 1.165) is 13.1 Å². The molecule has 3 heterocycles. The number of hydrogen-bond donors (Lipinski definition) is 3. The minimum absolute atomic E-state index is 0.336. The van der Waals surface area contributed by atoms with Crippen LogP contribution in [-0.4, -0.2) is 19.8 Å². The molecule has 0 atom stereocenters. The van der Waals surface area contributed by atoms with Crippen LogP contribution in [0.4, 0.5) is 5.82 Å². The van der Waals surface area contributed by atoms with Gasteiger partial charge in [-0.25, -0.2) is 9.89 Å². The molecule has 3 N–H and O–H groups in total. The molecular weight excluding hydrogens is 268 g/mol. The molecule has 0 spiro atoms. The highest BCUT2D eigenvalue weighted by atomic mass is 16.2. The topological polar surface area (TPSA) is 87.1 Å². The van der Waals surface area contributed by atoms with E-state index in [4.69, 9.17) is 0 Å². The fraction of sp³-hybridized carbons (Fsp3) is 0.214. The molecule has 0 unspecified atom stereocenters. The number of nitrogens with zero attached hydrogens (tertiary/aromatic N) is 3. The zero-order valence-electron chi connectivity index (χ0n) is 11.3. The smallest absolute Gasteiger partial charge is 0.364 e. The van der Waals surface area contributed by atoms with Gasteiger partial charge in [-0.15, -0.1) is 5.10 Å². The second-order valence-corrected chi connectivity index (χ2v) is 5.08. The van der Waals surface area contributed by atoms with Crippen molar-refractivity contribution in [2.24, 2.45) is 0 Å². The van der Waals surface area contributed by atoms with Gasteiger partial charge in [0.15, 0.2) is 5.65 Å². The number of benzene rings is 1. The molecule has 4 rings (SSSR count). The molecule has 0 amide bonds. The van der Waals surface area contributed by atoms with Gasteiger partial charge in [0.1, 0.15) is 5.82 Å². The molecule has 1 aliphatic rings. The molecule has 0 radical (unpaired) electrons. The third-order valence-corrected chi connectivity index (χ3v) is 3.65. The van der Waals surface area contributed by atoms with Gasteiger partial charge in [-0.2, -0.15) is 9.61 Å². The number of fused-ring (bicyclic) bond motifs is 2. The molecule has 1 aliphatic heterocycles. The predicted octanol–water partition coefficient (Wildman–Crippen LogP) is 0.633. The minimum atomic E-state index is -0.336. The number of aromatic amines is 1. The van der Waals surface area contributed by atoms with Gasteiger partial charge < -0.3 is 10.6 Å². The predicted molar refractivity (Wildman–Crippen MR) is 77.9 cm³/mol. The Kier molecular flexibility index (Phi) is 2.71. The SMILES string of the molecule is O=c1[nH]nc2ccc(NCc3ccc4c(c3)CNC4)nn12. The van der Waals surface area contributed by atoms with Crippen LogP contribution in [0, 0.1) is 0 Å². The molecule has 0 aliphatic carbocycles. The number of anilines is 1. The van der Waals surface area contributed by atoms with Crippen molar-refractivity contribution < 1.29 is 0 Å². The maximum Gasteiger partial charge on any atom is 0.364 e. The van der Waals surface area contributed by atoms with E-state index in [1.54, 1.807) is 6.07 Å². The van der Waals surface area contributed by atoms with Crippen molar-refractivity contribution >= 4 is 11.5 Å². The summed E-state index contributed by atoms with van der Waals surface area (Å²) in [5.41, 5.74) is 4.08. The van der Waals surface area contributed by atoms with Crippen LogP contribution in [0.5, 0.6) is 0 Å². The lowest BCUT2D eigenvalue weighted by Gasteiger charge is -2.07. The fourth-order valence-corrected chi connectivity index (χ4v) is 2.55. The van der Waals surface area contributed by atoms with E-state index < -0.39 is 0 Å². The number of H-pyrrole nitrogens is 1. The zero-order chi connectivity index (χ0) is 14.2. The van der Waals surface area contributed by atoms with Gasteiger partial charge in [-0.05, 0) is 28.8 Å². The van der Waals surface area contributed by atoms with Gasteiger partial charge in [-0.3, -0.25) is 0 Å². The monoisotopic (exact) mass is 282 g/mol. The molecule has 1 aromatic carbocycles. The molecule has 7 heteroatoms. The van der Waals surface area contributed by atoms with Crippen molar-refractivity contribution in [2.45, 2.75) is 19.6 Å². The van der Waals surface area contributed by atoms with Gasteiger partial charge in [0.25, 0.3) is 0 Å². The molecule has 2 aromatic heterocycles. The molecule has 21 heavy (non-hydrogen) atoms. The van der Waals surface area contributed by atoms with E-state index in [0.29, 0.717) is 18.0 Å². The van der Waals surface area contributed by atoms with Crippen LogP contribution in [0.2, 0.25) is 0 Å². The Hall–Kier alpha value is -2.67. The summed E-state index contributed by atoms with van der Waals surface area (Å²) >= 11 is 0. The first kappa shape index (κ1) is 12.1. The standard InChI is InChI=1S/C14H14N6O/c21-14-18-17-13-4-3-12(19-20(13)14)16-6-9-1-2-10-7-15-8-11(10)5-9/h1-5,15H,6-8H2,(H,16,19)(H,18,21). The maximum atomic E-state index is 11.5. The molecule has 3 aromatic rings. The summed E-state index contributed by atoms with van der Waals surface area (Å²) in [5, 5.41) is 17.0. The first-order valence-corrected chi connectivity index (χ1v) is 6.79.